The molecule has 1 amide bonds. The first-order chi connectivity index (χ1) is 12.1. The van der Waals surface area contributed by atoms with Crippen molar-refractivity contribution in [2.75, 3.05) is 33.4 Å². The molecule has 1 aliphatic carbocycles. The second kappa shape index (κ2) is 7.80. The summed E-state index contributed by atoms with van der Waals surface area (Å²) in [5.41, 5.74) is 6.48. The summed E-state index contributed by atoms with van der Waals surface area (Å²) >= 11 is 0. The SMILES string of the molecule is CO[C@]1(c2ccnc(C(N)=O)c2)[C@@H]2CCC[C@H]1CN([C@@H]1CCOC1)C2.Cl. The van der Waals surface area contributed by atoms with Crippen LogP contribution >= 0.6 is 12.4 Å². The van der Waals surface area contributed by atoms with Crippen LogP contribution < -0.4 is 5.73 Å². The van der Waals surface area contributed by atoms with Gasteiger partial charge in [-0.3, -0.25) is 14.7 Å². The smallest absolute Gasteiger partial charge is 0.267 e. The topological polar surface area (TPSA) is 77.7 Å². The highest BCUT2D eigenvalue weighted by molar-refractivity contribution is 5.90. The number of carbonyl (C=O) groups is 1. The molecule has 0 spiro atoms. The summed E-state index contributed by atoms with van der Waals surface area (Å²) in [6.45, 7) is 3.76. The number of fused-ring (bicyclic) bond motifs is 2. The number of amides is 1. The van der Waals surface area contributed by atoms with E-state index >= 15 is 0 Å². The maximum absolute atomic E-state index is 11.6. The van der Waals surface area contributed by atoms with Crippen LogP contribution in [0.25, 0.3) is 0 Å². The van der Waals surface area contributed by atoms with E-state index in [9.17, 15) is 4.79 Å². The molecular weight excluding hydrogens is 354 g/mol. The molecule has 4 rings (SSSR count). The van der Waals surface area contributed by atoms with Crippen LogP contribution in [-0.2, 0) is 15.1 Å². The fourth-order valence-corrected chi connectivity index (χ4v) is 5.31. The first kappa shape index (κ1) is 19.5. The van der Waals surface area contributed by atoms with Gasteiger partial charge in [0, 0.05) is 50.9 Å². The average Bonchev–Trinajstić information content (AvgIpc) is 3.15. The number of nitrogens with zero attached hydrogens (tertiary/aromatic N) is 2. The number of likely N-dealkylation sites (tertiary alicyclic amines) is 1. The highest BCUT2D eigenvalue weighted by atomic mass is 35.5. The van der Waals surface area contributed by atoms with E-state index in [0.29, 0.717) is 23.6 Å². The van der Waals surface area contributed by atoms with Crippen molar-refractivity contribution in [3.63, 3.8) is 0 Å². The monoisotopic (exact) mass is 381 g/mol. The Labute approximate surface area is 160 Å². The Kier molecular flexibility index (Phi) is 5.87. The van der Waals surface area contributed by atoms with Gasteiger partial charge < -0.3 is 15.2 Å². The molecule has 4 atom stereocenters. The zero-order valence-electron chi connectivity index (χ0n) is 15.2. The highest BCUT2D eigenvalue weighted by Gasteiger charge is 2.54. The van der Waals surface area contributed by atoms with E-state index in [0.717, 1.165) is 51.1 Å². The number of rotatable bonds is 4. The van der Waals surface area contributed by atoms with E-state index in [-0.39, 0.29) is 18.0 Å². The predicted octanol–water partition coefficient (Wildman–Crippen LogP) is 1.96. The first-order valence-electron chi connectivity index (χ1n) is 9.28. The number of primary amides is 1. The molecule has 1 aromatic heterocycles. The standard InChI is InChI=1S/C19H27N3O3.ClH/c1-24-19(13-5-7-21-17(9-13)18(20)23)14-3-2-4-15(19)11-22(10-14)16-6-8-25-12-16;/h5,7,9,14-16H,2-4,6,8,10-12H2,1H3,(H2,20,23);1H/t14-,15+,16-,19-;/m1./s1. The Bertz CT molecular complexity index is 637. The van der Waals surface area contributed by atoms with E-state index in [2.05, 4.69) is 9.88 Å². The summed E-state index contributed by atoms with van der Waals surface area (Å²) in [5.74, 6) is 0.334. The normalized spacial score (nSPS) is 34.3. The molecule has 3 aliphatic rings. The van der Waals surface area contributed by atoms with Crippen molar-refractivity contribution in [1.82, 2.24) is 9.88 Å². The van der Waals surface area contributed by atoms with Crippen molar-refractivity contribution < 1.29 is 14.3 Å². The van der Waals surface area contributed by atoms with Gasteiger partial charge in [-0.1, -0.05) is 6.42 Å². The molecule has 0 unspecified atom stereocenters. The van der Waals surface area contributed by atoms with Gasteiger partial charge in [-0.05, 0) is 37.0 Å². The third-order valence-electron chi connectivity index (χ3n) is 6.45. The fourth-order valence-electron chi connectivity index (χ4n) is 5.31. The molecule has 2 bridgehead atoms. The van der Waals surface area contributed by atoms with Crippen LogP contribution in [0.4, 0.5) is 0 Å². The Morgan fingerprint density at radius 3 is 2.65 bits per heavy atom. The van der Waals surface area contributed by atoms with E-state index in [1.165, 1.54) is 6.42 Å². The van der Waals surface area contributed by atoms with Crippen LogP contribution in [-0.4, -0.2) is 55.2 Å². The Balaban J connectivity index is 0.00000196. The molecule has 2 N–H and O–H groups in total. The number of carbonyl (C=O) groups excluding carboxylic acids is 1. The number of methoxy groups -OCH3 is 1. The summed E-state index contributed by atoms with van der Waals surface area (Å²) in [4.78, 5) is 18.3. The van der Waals surface area contributed by atoms with Crippen molar-refractivity contribution in [3.05, 3.63) is 29.6 Å². The quantitative estimate of drug-likeness (QED) is 0.862. The minimum absolute atomic E-state index is 0. The first-order valence-corrected chi connectivity index (χ1v) is 9.28. The largest absolute Gasteiger partial charge is 0.380 e. The highest BCUT2D eigenvalue weighted by Crippen LogP contribution is 2.52. The summed E-state index contributed by atoms with van der Waals surface area (Å²) in [6.07, 6.45) is 6.33. The molecule has 3 heterocycles. The van der Waals surface area contributed by atoms with Gasteiger partial charge in [-0.15, -0.1) is 12.4 Å². The minimum Gasteiger partial charge on any atom is -0.380 e. The lowest BCUT2D eigenvalue weighted by molar-refractivity contribution is -0.174. The number of halogens is 1. The van der Waals surface area contributed by atoms with Gasteiger partial charge in [0.25, 0.3) is 5.91 Å². The molecule has 0 radical (unpaired) electrons. The zero-order valence-corrected chi connectivity index (χ0v) is 16.0. The van der Waals surface area contributed by atoms with Gasteiger partial charge in [0.05, 0.1) is 6.61 Å². The van der Waals surface area contributed by atoms with Crippen molar-refractivity contribution in [2.24, 2.45) is 17.6 Å². The van der Waals surface area contributed by atoms with Gasteiger partial charge >= 0.3 is 0 Å². The van der Waals surface area contributed by atoms with Crippen LogP contribution in [0.1, 0.15) is 41.7 Å². The second-order valence-electron chi connectivity index (χ2n) is 7.59. The van der Waals surface area contributed by atoms with Crippen molar-refractivity contribution in [3.8, 4) is 0 Å². The maximum Gasteiger partial charge on any atom is 0.267 e. The molecule has 2 saturated heterocycles. The van der Waals surface area contributed by atoms with Crippen molar-refractivity contribution >= 4 is 18.3 Å². The van der Waals surface area contributed by atoms with Gasteiger partial charge in [0.2, 0.25) is 0 Å². The van der Waals surface area contributed by atoms with E-state index < -0.39 is 5.91 Å². The van der Waals surface area contributed by atoms with Gasteiger partial charge in [0.15, 0.2) is 0 Å². The Hall–Kier alpha value is -1.21. The fraction of sp³-hybridized carbons (Fsp3) is 0.684. The third-order valence-corrected chi connectivity index (χ3v) is 6.45. The van der Waals surface area contributed by atoms with Crippen LogP contribution in [0.2, 0.25) is 0 Å². The number of hydrogen-bond acceptors (Lipinski definition) is 5. The Morgan fingerprint density at radius 1 is 1.35 bits per heavy atom. The van der Waals surface area contributed by atoms with Gasteiger partial charge in [-0.25, -0.2) is 0 Å². The number of ether oxygens (including phenoxy) is 2. The molecule has 26 heavy (non-hydrogen) atoms. The van der Waals surface area contributed by atoms with Crippen LogP contribution in [0.3, 0.4) is 0 Å². The van der Waals surface area contributed by atoms with E-state index in [1.807, 2.05) is 19.2 Å². The molecule has 1 saturated carbocycles. The summed E-state index contributed by atoms with van der Waals surface area (Å²) in [7, 11) is 1.81. The number of nitrogens with two attached hydrogens (primary N) is 1. The molecule has 0 aromatic carbocycles. The van der Waals surface area contributed by atoms with Crippen molar-refractivity contribution in [2.45, 2.75) is 37.3 Å². The molecule has 3 fully saturated rings. The number of pyridine rings is 1. The molecule has 2 aliphatic heterocycles. The number of aromatic nitrogens is 1. The molecule has 1 aromatic rings. The molecular formula is C19H28ClN3O3. The summed E-state index contributed by atoms with van der Waals surface area (Å²) < 4.78 is 11.8. The lowest BCUT2D eigenvalue weighted by Gasteiger charge is -2.56. The molecule has 144 valence electrons. The summed E-state index contributed by atoms with van der Waals surface area (Å²) in [6, 6.07) is 4.37. The van der Waals surface area contributed by atoms with Gasteiger partial charge in [0.1, 0.15) is 11.3 Å². The minimum atomic E-state index is -0.487. The number of hydrogen-bond donors (Lipinski definition) is 1. The van der Waals surface area contributed by atoms with Crippen LogP contribution in [0.15, 0.2) is 18.3 Å². The Morgan fingerprint density at radius 2 is 2.08 bits per heavy atom. The predicted molar refractivity (Wildman–Crippen MR) is 100 cm³/mol. The van der Waals surface area contributed by atoms with Gasteiger partial charge in [-0.2, -0.15) is 0 Å². The average molecular weight is 382 g/mol. The van der Waals surface area contributed by atoms with E-state index in [4.69, 9.17) is 15.2 Å². The second-order valence-corrected chi connectivity index (χ2v) is 7.59. The molecule has 7 heteroatoms. The maximum atomic E-state index is 11.6. The van der Waals surface area contributed by atoms with Crippen LogP contribution in [0, 0.1) is 11.8 Å². The number of piperidine rings is 1. The van der Waals surface area contributed by atoms with E-state index in [1.54, 1.807) is 6.20 Å². The molecule has 6 nitrogen and oxygen atoms in total. The summed E-state index contributed by atoms with van der Waals surface area (Å²) in [5, 5.41) is 0. The lowest BCUT2D eigenvalue weighted by Crippen LogP contribution is -2.61. The lowest BCUT2D eigenvalue weighted by atomic mass is 9.62. The van der Waals surface area contributed by atoms with Crippen molar-refractivity contribution in [1.29, 1.82) is 0 Å². The third kappa shape index (κ3) is 3.13. The van der Waals surface area contributed by atoms with Crippen LogP contribution in [0.5, 0.6) is 0 Å². The zero-order chi connectivity index (χ0) is 17.4.